The van der Waals surface area contributed by atoms with Gasteiger partial charge in [0.1, 0.15) is 0 Å². The van der Waals surface area contributed by atoms with Crippen LogP contribution in [0.25, 0.3) is 0 Å². The van der Waals surface area contributed by atoms with Gasteiger partial charge in [-0.15, -0.1) is 0 Å². The van der Waals surface area contributed by atoms with Crippen LogP contribution < -0.4 is 9.62 Å². The van der Waals surface area contributed by atoms with E-state index in [1.165, 1.54) is 21.7 Å². The van der Waals surface area contributed by atoms with Crippen LogP contribution in [0.5, 0.6) is 0 Å². The Bertz CT molecular complexity index is 969. The van der Waals surface area contributed by atoms with E-state index < -0.39 is 10.0 Å². The number of benzene rings is 2. The summed E-state index contributed by atoms with van der Waals surface area (Å²) in [5.74, 6) is -0.104. The third-order valence-electron chi connectivity index (χ3n) is 5.27. The van der Waals surface area contributed by atoms with Gasteiger partial charge in [-0.2, -0.15) is 0 Å². The van der Waals surface area contributed by atoms with E-state index in [9.17, 15) is 13.2 Å². The van der Waals surface area contributed by atoms with Crippen molar-refractivity contribution in [3.63, 3.8) is 0 Å². The molecule has 1 aliphatic heterocycles. The first-order valence-electron chi connectivity index (χ1n) is 8.93. The minimum absolute atomic E-state index is 0.0354. The second-order valence-corrected chi connectivity index (χ2v) is 8.95. The van der Waals surface area contributed by atoms with E-state index in [1.54, 1.807) is 12.1 Å². The third kappa shape index (κ3) is 3.09. The number of carbonyl (C=O) groups is 1. The zero-order valence-corrected chi connectivity index (χ0v) is 15.6. The fourth-order valence-electron chi connectivity index (χ4n) is 4.00. The Hall–Kier alpha value is -2.34. The molecule has 2 aromatic carbocycles. The van der Waals surface area contributed by atoms with Gasteiger partial charge in [-0.3, -0.25) is 9.10 Å². The molecule has 0 radical (unpaired) electrons. The van der Waals surface area contributed by atoms with Crippen molar-refractivity contribution in [1.82, 2.24) is 5.32 Å². The lowest BCUT2D eigenvalue weighted by Gasteiger charge is -2.26. The quantitative estimate of drug-likeness (QED) is 0.903. The van der Waals surface area contributed by atoms with Crippen molar-refractivity contribution in [1.29, 1.82) is 0 Å². The maximum absolute atomic E-state index is 12.8. The maximum atomic E-state index is 12.8. The molecule has 136 valence electrons. The van der Waals surface area contributed by atoms with Gasteiger partial charge in [-0.1, -0.05) is 24.3 Å². The van der Waals surface area contributed by atoms with Crippen molar-refractivity contribution in [2.45, 2.75) is 31.7 Å². The molecule has 1 heterocycles. The van der Waals surface area contributed by atoms with Crippen molar-refractivity contribution in [2.75, 3.05) is 17.1 Å². The molecule has 2 aliphatic rings. The standard InChI is InChI=1S/C20H22N2O3S/c1-26(24,25)22-12-11-15-13-16(9-10-19(15)22)20(23)21-18-8-4-6-14-5-2-3-7-17(14)18/h2-3,5,7,9-10,13,18H,4,6,8,11-12H2,1H3,(H,21,23)/t18-/m0/s1. The van der Waals surface area contributed by atoms with Gasteiger partial charge in [-0.05, 0) is 60.6 Å². The zero-order valence-electron chi connectivity index (χ0n) is 14.7. The largest absolute Gasteiger partial charge is 0.345 e. The minimum Gasteiger partial charge on any atom is -0.345 e. The van der Waals surface area contributed by atoms with Gasteiger partial charge < -0.3 is 5.32 Å². The number of rotatable bonds is 3. The lowest BCUT2D eigenvalue weighted by Crippen LogP contribution is -2.31. The smallest absolute Gasteiger partial charge is 0.251 e. The Balaban J connectivity index is 1.56. The van der Waals surface area contributed by atoms with Gasteiger partial charge in [0.05, 0.1) is 18.0 Å². The number of hydrogen-bond donors (Lipinski definition) is 1. The van der Waals surface area contributed by atoms with Crippen LogP contribution in [-0.2, 0) is 22.9 Å². The molecule has 0 bridgehead atoms. The van der Waals surface area contributed by atoms with Crippen LogP contribution in [0.1, 0.15) is 45.9 Å². The summed E-state index contributed by atoms with van der Waals surface area (Å²) in [6.45, 7) is 0.440. The third-order valence-corrected chi connectivity index (χ3v) is 6.45. The van der Waals surface area contributed by atoms with E-state index in [1.807, 2.05) is 18.2 Å². The van der Waals surface area contributed by atoms with Gasteiger partial charge >= 0.3 is 0 Å². The van der Waals surface area contributed by atoms with E-state index >= 15 is 0 Å². The normalized spacial score (nSPS) is 19.0. The van der Waals surface area contributed by atoms with Crippen LogP contribution in [0.15, 0.2) is 42.5 Å². The molecular weight excluding hydrogens is 348 g/mol. The number of anilines is 1. The highest BCUT2D eigenvalue weighted by Crippen LogP contribution is 2.32. The molecule has 1 N–H and O–H groups in total. The fraction of sp³-hybridized carbons (Fsp3) is 0.350. The Morgan fingerprint density at radius 1 is 1.12 bits per heavy atom. The van der Waals surface area contributed by atoms with Crippen LogP contribution in [0.4, 0.5) is 5.69 Å². The molecule has 0 saturated heterocycles. The molecule has 0 aromatic heterocycles. The molecule has 2 aromatic rings. The predicted octanol–water partition coefficient (Wildman–Crippen LogP) is 2.82. The number of carbonyl (C=O) groups excluding carboxylic acids is 1. The number of aryl methyl sites for hydroxylation is 1. The average molecular weight is 370 g/mol. The lowest BCUT2D eigenvalue weighted by molar-refractivity contribution is 0.0932. The summed E-state index contributed by atoms with van der Waals surface area (Å²) in [7, 11) is -3.27. The summed E-state index contributed by atoms with van der Waals surface area (Å²) in [5.41, 5.74) is 4.69. The highest BCUT2D eigenvalue weighted by atomic mass is 32.2. The molecule has 0 unspecified atom stereocenters. The molecule has 1 amide bonds. The number of fused-ring (bicyclic) bond motifs is 2. The molecule has 6 heteroatoms. The zero-order chi connectivity index (χ0) is 18.3. The Kier molecular flexibility index (Phi) is 4.23. The van der Waals surface area contributed by atoms with E-state index in [4.69, 9.17) is 0 Å². The van der Waals surface area contributed by atoms with Gasteiger partial charge in [0.25, 0.3) is 5.91 Å². The average Bonchev–Trinajstić information content (AvgIpc) is 3.05. The Labute approximate surface area is 154 Å². The van der Waals surface area contributed by atoms with Gasteiger partial charge in [0, 0.05) is 12.1 Å². The van der Waals surface area contributed by atoms with Crippen LogP contribution in [-0.4, -0.2) is 27.1 Å². The number of amides is 1. The topological polar surface area (TPSA) is 66.5 Å². The summed E-state index contributed by atoms with van der Waals surface area (Å²) in [6.07, 6.45) is 4.91. The van der Waals surface area contributed by atoms with Crippen molar-refractivity contribution in [3.05, 3.63) is 64.7 Å². The summed E-state index contributed by atoms with van der Waals surface area (Å²) >= 11 is 0. The second kappa shape index (κ2) is 6.43. The van der Waals surface area contributed by atoms with Gasteiger partial charge in [0.2, 0.25) is 10.0 Å². The SMILES string of the molecule is CS(=O)(=O)N1CCc2cc(C(=O)N[C@H]3CCCc4ccccc43)ccc21. The summed E-state index contributed by atoms with van der Waals surface area (Å²) < 4.78 is 25.1. The number of hydrogen-bond acceptors (Lipinski definition) is 3. The summed E-state index contributed by atoms with van der Waals surface area (Å²) in [4.78, 5) is 12.8. The fourth-order valence-corrected chi connectivity index (χ4v) is 4.96. The first-order chi connectivity index (χ1) is 12.4. The Morgan fingerprint density at radius 2 is 1.92 bits per heavy atom. The molecule has 0 saturated carbocycles. The highest BCUT2D eigenvalue weighted by molar-refractivity contribution is 7.92. The first-order valence-corrected chi connectivity index (χ1v) is 10.8. The van der Waals surface area contributed by atoms with Crippen molar-refractivity contribution in [3.8, 4) is 0 Å². The maximum Gasteiger partial charge on any atom is 0.251 e. The number of nitrogens with one attached hydrogen (secondary N) is 1. The molecule has 4 rings (SSSR count). The first kappa shape index (κ1) is 17.1. The molecular formula is C20H22N2O3S. The van der Waals surface area contributed by atoms with Crippen molar-refractivity contribution >= 4 is 21.6 Å². The van der Waals surface area contributed by atoms with Crippen molar-refractivity contribution < 1.29 is 13.2 Å². The molecule has 26 heavy (non-hydrogen) atoms. The van der Waals surface area contributed by atoms with Crippen molar-refractivity contribution in [2.24, 2.45) is 0 Å². The van der Waals surface area contributed by atoms with Crippen LogP contribution >= 0.6 is 0 Å². The van der Waals surface area contributed by atoms with E-state index in [-0.39, 0.29) is 11.9 Å². The number of sulfonamides is 1. The van der Waals surface area contributed by atoms with E-state index in [0.717, 1.165) is 24.8 Å². The lowest BCUT2D eigenvalue weighted by atomic mass is 9.87. The molecule has 0 spiro atoms. The summed E-state index contributed by atoms with van der Waals surface area (Å²) in [5, 5.41) is 3.15. The molecule has 0 fully saturated rings. The monoisotopic (exact) mass is 370 g/mol. The predicted molar refractivity (Wildman–Crippen MR) is 102 cm³/mol. The highest BCUT2D eigenvalue weighted by Gasteiger charge is 2.27. The number of nitrogens with zero attached hydrogens (tertiary/aromatic N) is 1. The van der Waals surface area contributed by atoms with E-state index in [0.29, 0.717) is 24.2 Å². The van der Waals surface area contributed by atoms with Crippen LogP contribution in [0.2, 0.25) is 0 Å². The van der Waals surface area contributed by atoms with Crippen LogP contribution in [0, 0.1) is 0 Å². The second-order valence-electron chi connectivity index (χ2n) is 7.05. The summed E-state index contributed by atoms with van der Waals surface area (Å²) in [6, 6.07) is 13.6. The van der Waals surface area contributed by atoms with Gasteiger partial charge in [0.15, 0.2) is 0 Å². The molecule has 5 nitrogen and oxygen atoms in total. The van der Waals surface area contributed by atoms with Gasteiger partial charge in [-0.25, -0.2) is 8.42 Å². The minimum atomic E-state index is -3.27. The molecule has 1 aliphatic carbocycles. The van der Waals surface area contributed by atoms with E-state index in [2.05, 4.69) is 17.4 Å². The molecule has 1 atom stereocenters. The van der Waals surface area contributed by atoms with Crippen LogP contribution in [0.3, 0.4) is 0 Å². The Morgan fingerprint density at radius 3 is 2.73 bits per heavy atom.